The Morgan fingerprint density at radius 1 is 0.403 bits per heavy atom. The van der Waals surface area contributed by atoms with E-state index in [1.165, 1.54) is 212 Å². The van der Waals surface area contributed by atoms with Gasteiger partial charge in [-0.3, -0.25) is 9.59 Å². The first kappa shape index (κ1) is 69.8. The van der Waals surface area contributed by atoms with Gasteiger partial charge in [0.1, 0.15) is 13.2 Å². The summed E-state index contributed by atoms with van der Waals surface area (Å²) in [5, 5.41) is 11.7. The maximum atomic E-state index is 12.8. The molecular weight excluding hydrogens is 899 g/mol. The topological polar surface area (TPSA) is 111 Å². The second-order valence-electron chi connectivity index (χ2n) is 22.3. The highest BCUT2D eigenvalue weighted by atomic mass is 16.7. The number of esters is 2. The molecule has 0 saturated carbocycles. The Labute approximate surface area is 446 Å². The van der Waals surface area contributed by atoms with Crippen molar-refractivity contribution in [3.8, 4) is 0 Å². The smallest absolute Gasteiger partial charge is 0.306 e. The number of carboxylic acids is 1. The normalized spacial score (nSPS) is 12.8. The number of unbranched alkanes of at least 4 members (excludes halogenated alkanes) is 39. The van der Waals surface area contributed by atoms with Gasteiger partial charge in [0.15, 0.2) is 12.4 Å². The van der Waals surface area contributed by atoms with E-state index in [1.807, 2.05) is 21.1 Å². The van der Waals surface area contributed by atoms with Gasteiger partial charge in [-0.15, -0.1) is 0 Å². The zero-order valence-corrected chi connectivity index (χ0v) is 48.3. The van der Waals surface area contributed by atoms with Crippen molar-refractivity contribution in [2.75, 3.05) is 47.5 Å². The van der Waals surface area contributed by atoms with Crippen LogP contribution >= 0.6 is 0 Å². The Hall–Kier alpha value is -2.23. The van der Waals surface area contributed by atoms with Crippen LogP contribution in [0.15, 0.2) is 24.3 Å². The summed E-state index contributed by atoms with van der Waals surface area (Å²) < 4.78 is 22.6. The zero-order valence-electron chi connectivity index (χ0n) is 48.3. The summed E-state index contributed by atoms with van der Waals surface area (Å²) in [7, 11) is 5.92. The summed E-state index contributed by atoms with van der Waals surface area (Å²) in [6, 6.07) is 0. The third-order valence-corrected chi connectivity index (χ3v) is 13.9. The summed E-state index contributed by atoms with van der Waals surface area (Å²) in [6.07, 6.45) is 62.9. The number of nitrogens with zero attached hydrogens (tertiary/aromatic N) is 1. The lowest BCUT2D eigenvalue weighted by molar-refractivity contribution is -0.870. The Morgan fingerprint density at radius 2 is 0.736 bits per heavy atom. The summed E-state index contributed by atoms with van der Waals surface area (Å²) in [5.41, 5.74) is 0. The quantitative estimate of drug-likeness (QED) is 0.0195. The van der Waals surface area contributed by atoms with Crippen molar-refractivity contribution in [2.24, 2.45) is 0 Å². The van der Waals surface area contributed by atoms with Gasteiger partial charge in [0.05, 0.1) is 40.3 Å². The van der Waals surface area contributed by atoms with Crippen LogP contribution in [0.1, 0.15) is 303 Å². The van der Waals surface area contributed by atoms with Gasteiger partial charge in [0, 0.05) is 12.8 Å². The minimum absolute atomic E-state index is 0.149. The number of ether oxygens (including phenoxy) is 4. The summed E-state index contributed by atoms with van der Waals surface area (Å²) >= 11 is 0. The molecule has 9 nitrogen and oxygen atoms in total. The van der Waals surface area contributed by atoms with Crippen LogP contribution in [0.5, 0.6) is 0 Å². The van der Waals surface area contributed by atoms with Crippen molar-refractivity contribution in [2.45, 2.75) is 315 Å². The number of hydrogen-bond donors (Lipinski definition) is 0. The van der Waals surface area contributed by atoms with Crippen molar-refractivity contribution in [1.29, 1.82) is 0 Å². The number of quaternary nitrogens is 1. The van der Waals surface area contributed by atoms with E-state index in [9.17, 15) is 19.5 Å². The number of aliphatic carboxylic acids is 1. The lowest BCUT2D eigenvalue weighted by Gasteiger charge is -2.26. The Bertz CT molecular complexity index is 1230. The van der Waals surface area contributed by atoms with Gasteiger partial charge in [0.25, 0.3) is 0 Å². The predicted molar refractivity (Wildman–Crippen MR) is 302 cm³/mol. The van der Waals surface area contributed by atoms with E-state index in [-0.39, 0.29) is 38.6 Å². The molecule has 2 unspecified atom stereocenters. The van der Waals surface area contributed by atoms with Gasteiger partial charge in [-0.2, -0.15) is 0 Å². The van der Waals surface area contributed by atoms with Crippen LogP contribution in [0.3, 0.4) is 0 Å². The van der Waals surface area contributed by atoms with E-state index in [0.29, 0.717) is 11.0 Å². The van der Waals surface area contributed by atoms with E-state index >= 15 is 0 Å². The number of rotatable bonds is 58. The van der Waals surface area contributed by atoms with Crippen molar-refractivity contribution in [1.82, 2.24) is 0 Å². The second kappa shape index (κ2) is 55.0. The lowest BCUT2D eigenvalue weighted by atomic mass is 10.0. The van der Waals surface area contributed by atoms with Crippen molar-refractivity contribution in [3.63, 3.8) is 0 Å². The Kier molecular flexibility index (Phi) is 53.3. The van der Waals surface area contributed by atoms with Gasteiger partial charge in [-0.1, -0.05) is 256 Å². The number of carboxylic acid groups (broad SMARTS) is 1. The standard InChI is InChI=1S/C63H119NO8/c1-6-8-10-12-14-16-18-19-20-21-22-23-24-25-26-27-28-29-30-31-32-33-34-35-36-37-38-39-40-41-42-43-44-46-48-50-52-54-61(66)72-59(58-71-63(62(67)68)69-56-55-64(3,4)5)57-70-60(65)53-51-49-47-45-17-15-13-11-9-7-2/h11,13,21-22,59,63H,6-10,12,14-20,23-58H2,1-5H3/b13-11-,22-21-. The molecular formula is C63H119NO8. The zero-order chi connectivity index (χ0) is 52.7. The highest BCUT2D eigenvalue weighted by Crippen LogP contribution is 2.18. The summed E-state index contributed by atoms with van der Waals surface area (Å²) in [5.74, 6) is -2.28. The molecule has 0 heterocycles. The molecule has 0 spiro atoms. The average Bonchev–Trinajstić information content (AvgIpc) is 3.35. The van der Waals surface area contributed by atoms with E-state index < -0.39 is 24.3 Å². The molecule has 0 fully saturated rings. The molecule has 424 valence electrons. The first-order valence-corrected chi connectivity index (χ1v) is 31.0. The number of likely N-dealkylation sites (N-methyl/N-ethyl adjacent to an activating group) is 1. The molecule has 0 aromatic heterocycles. The van der Waals surface area contributed by atoms with Crippen LogP contribution in [0, 0.1) is 0 Å². The fraction of sp³-hybridized carbons (Fsp3) is 0.889. The number of allylic oxidation sites excluding steroid dienone is 4. The highest BCUT2D eigenvalue weighted by molar-refractivity contribution is 5.70. The van der Waals surface area contributed by atoms with Crippen LogP contribution in [0.2, 0.25) is 0 Å². The van der Waals surface area contributed by atoms with Crippen molar-refractivity contribution in [3.05, 3.63) is 24.3 Å². The van der Waals surface area contributed by atoms with Gasteiger partial charge in [-0.05, 0) is 57.8 Å². The molecule has 0 aliphatic heterocycles. The highest BCUT2D eigenvalue weighted by Gasteiger charge is 2.22. The number of carbonyl (C=O) groups excluding carboxylic acids is 3. The minimum atomic E-state index is -1.62. The third kappa shape index (κ3) is 55.5. The molecule has 2 atom stereocenters. The average molecular weight is 1020 g/mol. The molecule has 9 heteroatoms. The SMILES string of the molecule is CCC/C=C\CCCCCCCC(=O)OCC(COC(OCC[N+](C)(C)C)C(=O)[O-])OC(=O)CCCCCCCCCCCCCCCCCCCCCCCCCCC/C=C\CCCCCCCCCC. The predicted octanol–water partition coefficient (Wildman–Crippen LogP) is 17.0. The molecule has 0 aromatic carbocycles. The van der Waals surface area contributed by atoms with Gasteiger partial charge in [-0.25, -0.2) is 0 Å². The van der Waals surface area contributed by atoms with Crippen LogP contribution < -0.4 is 5.11 Å². The molecule has 0 amide bonds. The largest absolute Gasteiger partial charge is 0.545 e. The molecule has 0 rings (SSSR count). The molecule has 0 saturated heterocycles. The third-order valence-electron chi connectivity index (χ3n) is 13.9. The van der Waals surface area contributed by atoms with E-state index in [4.69, 9.17) is 18.9 Å². The molecule has 0 aliphatic rings. The van der Waals surface area contributed by atoms with E-state index in [2.05, 4.69) is 38.2 Å². The van der Waals surface area contributed by atoms with Crippen molar-refractivity contribution < 1.29 is 42.9 Å². The molecule has 0 radical (unpaired) electrons. The lowest BCUT2D eigenvalue weighted by Crippen LogP contribution is -2.44. The number of hydrogen-bond acceptors (Lipinski definition) is 8. The molecule has 0 aromatic rings. The van der Waals surface area contributed by atoms with E-state index in [1.54, 1.807) is 0 Å². The van der Waals surface area contributed by atoms with E-state index in [0.717, 1.165) is 64.2 Å². The second-order valence-corrected chi connectivity index (χ2v) is 22.3. The summed E-state index contributed by atoms with van der Waals surface area (Å²) in [4.78, 5) is 37.1. The van der Waals surface area contributed by atoms with Gasteiger partial charge >= 0.3 is 11.9 Å². The number of carbonyl (C=O) groups is 3. The molecule has 0 bridgehead atoms. The summed E-state index contributed by atoms with van der Waals surface area (Å²) in [6.45, 7) is 4.70. The van der Waals surface area contributed by atoms with Crippen LogP contribution in [0.25, 0.3) is 0 Å². The van der Waals surface area contributed by atoms with Crippen LogP contribution in [-0.4, -0.2) is 82.3 Å². The molecule has 72 heavy (non-hydrogen) atoms. The first-order valence-electron chi connectivity index (χ1n) is 31.0. The maximum absolute atomic E-state index is 12.8. The fourth-order valence-corrected chi connectivity index (χ4v) is 9.12. The Balaban J connectivity index is 3.89. The minimum Gasteiger partial charge on any atom is -0.545 e. The molecule has 0 aliphatic carbocycles. The van der Waals surface area contributed by atoms with Gasteiger partial charge in [0.2, 0.25) is 0 Å². The fourth-order valence-electron chi connectivity index (χ4n) is 9.12. The Morgan fingerprint density at radius 3 is 1.08 bits per heavy atom. The monoisotopic (exact) mass is 1020 g/mol. The van der Waals surface area contributed by atoms with Crippen molar-refractivity contribution >= 4 is 17.9 Å². The first-order chi connectivity index (χ1) is 35.1. The maximum Gasteiger partial charge on any atom is 0.306 e. The van der Waals surface area contributed by atoms with Crippen LogP contribution in [-0.2, 0) is 33.3 Å². The van der Waals surface area contributed by atoms with Gasteiger partial charge < -0.3 is 33.3 Å². The van der Waals surface area contributed by atoms with Crippen LogP contribution in [0.4, 0.5) is 0 Å². The molecule has 0 N–H and O–H groups in total.